The number of rotatable bonds is 12. The van der Waals surface area contributed by atoms with Gasteiger partial charge in [-0.3, -0.25) is 9.59 Å². The first-order chi connectivity index (χ1) is 15.8. The first-order valence-corrected chi connectivity index (χ1v) is 13.1. The van der Waals surface area contributed by atoms with Gasteiger partial charge in [-0.1, -0.05) is 67.2 Å². The quantitative estimate of drug-likeness (QED) is 0.307. The van der Waals surface area contributed by atoms with Crippen molar-refractivity contribution in [2.24, 2.45) is 0 Å². The molecule has 1 N–H and O–H groups in total. The van der Waals surface area contributed by atoms with Gasteiger partial charge in [0.25, 0.3) is 0 Å². The number of nitrogens with one attached hydrogen (secondary N) is 1. The molecule has 0 aliphatic carbocycles. The number of nitrogens with zero attached hydrogens (tertiary/aromatic N) is 1. The topological polar surface area (TPSA) is 49.4 Å². The highest BCUT2D eigenvalue weighted by molar-refractivity contribution is 7.99. The van der Waals surface area contributed by atoms with Gasteiger partial charge < -0.3 is 10.2 Å². The Hall–Kier alpha value is -1.47. The summed E-state index contributed by atoms with van der Waals surface area (Å²) < 4.78 is 14.1. The standard InChI is InChI=1S/C24H28Cl3FN2O2S/c1-3-5-11-29-24(32)22(4-2)30(13-16-9-10-17(25)12-20(16)27)23(31)15-33-14-18-19(26)7-6-8-21(18)28/h6-10,12,22H,3-5,11,13-15H2,1-2H3,(H,29,32)/t22-/m1/s1. The smallest absolute Gasteiger partial charge is 0.242 e. The second-order valence-electron chi connectivity index (χ2n) is 7.52. The summed E-state index contributed by atoms with van der Waals surface area (Å²) in [6.45, 7) is 4.62. The fourth-order valence-corrected chi connectivity index (χ4v) is 4.97. The molecule has 0 saturated carbocycles. The van der Waals surface area contributed by atoms with Crippen molar-refractivity contribution >= 4 is 58.4 Å². The van der Waals surface area contributed by atoms with Gasteiger partial charge in [-0.05, 0) is 42.7 Å². The van der Waals surface area contributed by atoms with Crippen LogP contribution < -0.4 is 5.32 Å². The first kappa shape index (κ1) is 27.8. The molecule has 0 aliphatic rings. The van der Waals surface area contributed by atoms with Crippen LogP contribution in [0.4, 0.5) is 4.39 Å². The molecule has 2 amide bonds. The summed E-state index contributed by atoms with van der Waals surface area (Å²) in [5.41, 5.74) is 1.05. The number of carbonyl (C=O) groups is 2. The van der Waals surface area contributed by atoms with E-state index in [4.69, 9.17) is 34.8 Å². The van der Waals surface area contributed by atoms with Crippen molar-refractivity contribution in [3.63, 3.8) is 0 Å². The zero-order chi connectivity index (χ0) is 24.4. The molecule has 1 atom stereocenters. The van der Waals surface area contributed by atoms with E-state index >= 15 is 0 Å². The minimum atomic E-state index is -0.654. The first-order valence-electron chi connectivity index (χ1n) is 10.8. The number of hydrogen-bond donors (Lipinski definition) is 1. The lowest BCUT2D eigenvalue weighted by Gasteiger charge is -2.31. The molecule has 2 aromatic carbocycles. The second-order valence-corrected chi connectivity index (χ2v) is 9.76. The molecular formula is C24H28Cl3FN2O2S. The molecular weight excluding hydrogens is 506 g/mol. The fraction of sp³-hybridized carbons (Fsp3) is 0.417. The van der Waals surface area contributed by atoms with Crippen molar-refractivity contribution in [3.05, 3.63) is 68.4 Å². The number of carbonyl (C=O) groups excluding carboxylic acids is 2. The van der Waals surface area contributed by atoms with E-state index in [-0.39, 0.29) is 29.9 Å². The number of halogens is 4. The van der Waals surface area contributed by atoms with Crippen LogP contribution in [0.25, 0.3) is 0 Å². The van der Waals surface area contributed by atoms with Crippen molar-refractivity contribution < 1.29 is 14.0 Å². The number of hydrogen-bond acceptors (Lipinski definition) is 3. The molecule has 0 heterocycles. The van der Waals surface area contributed by atoms with E-state index in [0.29, 0.717) is 39.2 Å². The van der Waals surface area contributed by atoms with Crippen molar-refractivity contribution in [2.45, 2.75) is 51.4 Å². The molecule has 0 radical (unpaired) electrons. The van der Waals surface area contributed by atoms with Crippen LogP contribution in [0.15, 0.2) is 36.4 Å². The van der Waals surface area contributed by atoms with Gasteiger partial charge in [-0.25, -0.2) is 4.39 Å². The SMILES string of the molecule is CCCCNC(=O)[C@@H](CC)N(Cc1ccc(Cl)cc1Cl)C(=O)CSCc1c(F)cccc1Cl. The van der Waals surface area contributed by atoms with Crippen LogP contribution in [0, 0.1) is 5.82 Å². The predicted molar refractivity (Wildman–Crippen MR) is 137 cm³/mol. The highest BCUT2D eigenvalue weighted by atomic mass is 35.5. The highest BCUT2D eigenvalue weighted by Crippen LogP contribution is 2.26. The van der Waals surface area contributed by atoms with E-state index in [0.717, 1.165) is 12.8 Å². The molecule has 4 nitrogen and oxygen atoms in total. The molecule has 0 bridgehead atoms. The van der Waals surface area contributed by atoms with Crippen LogP contribution in [0.1, 0.15) is 44.2 Å². The summed E-state index contributed by atoms with van der Waals surface area (Å²) in [4.78, 5) is 27.7. The minimum Gasteiger partial charge on any atom is -0.354 e. The summed E-state index contributed by atoms with van der Waals surface area (Å²) in [6.07, 6.45) is 2.26. The lowest BCUT2D eigenvalue weighted by atomic mass is 10.1. The van der Waals surface area contributed by atoms with Crippen LogP contribution in [0.5, 0.6) is 0 Å². The summed E-state index contributed by atoms with van der Waals surface area (Å²) in [5.74, 6) is -0.544. The summed E-state index contributed by atoms with van der Waals surface area (Å²) in [5, 5.41) is 4.15. The van der Waals surface area contributed by atoms with E-state index in [9.17, 15) is 14.0 Å². The Morgan fingerprint density at radius 3 is 2.52 bits per heavy atom. The Morgan fingerprint density at radius 1 is 1.12 bits per heavy atom. The number of benzene rings is 2. The van der Waals surface area contributed by atoms with Crippen molar-refractivity contribution in [2.75, 3.05) is 12.3 Å². The van der Waals surface area contributed by atoms with E-state index in [1.165, 1.54) is 28.8 Å². The predicted octanol–water partition coefficient (Wildman–Crippen LogP) is 6.74. The van der Waals surface area contributed by atoms with E-state index in [1.54, 1.807) is 24.3 Å². The molecule has 0 saturated heterocycles. The molecule has 0 aliphatic heterocycles. The maximum atomic E-state index is 14.1. The zero-order valence-electron chi connectivity index (χ0n) is 18.7. The summed E-state index contributed by atoms with van der Waals surface area (Å²) in [7, 11) is 0. The van der Waals surface area contributed by atoms with E-state index in [1.807, 2.05) is 13.8 Å². The van der Waals surface area contributed by atoms with Crippen molar-refractivity contribution in [1.29, 1.82) is 0 Å². The number of unbranched alkanes of at least 4 members (excludes halogenated alkanes) is 1. The number of thioether (sulfide) groups is 1. The third-order valence-corrected chi connectivity index (χ3v) is 6.99. The summed E-state index contributed by atoms with van der Waals surface area (Å²) >= 11 is 19.7. The maximum absolute atomic E-state index is 14.1. The average Bonchev–Trinajstić information content (AvgIpc) is 2.77. The zero-order valence-corrected chi connectivity index (χ0v) is 21.8. The maximum Gasteiger partial charge on any atom is 0.242 e. The van der Waals surface area contributed by atoms with Gasteiger partial charge in [0.2, 0.25) is 11.8 Å². The molecule has 0 unspecified atom stereocenters. The van der Waals surface area contributed by atoms with Crippen LogP contribution in [-0.4, -0.2) is 35.1 Å². The Kier molecular flexibility index (Phi) is 11.8. The molecule has 33 heavy (non-hydrogen) atoms. The van der Waals surface area contributed by atoms with E-state index in [2.05, 4.69) is 5.32 Å². The number of amides is 2. The van der Waals surface area contributed by atoms with Crippen LogP contribution in [0.3, 0.4) is 0 Å². The molecule has 0 aromatic heterocycles. The molecule has 180 valence electrons. The van der Waals surface area contributed by atoms with Gasteiger partial charge in [0.05, 0.1) is 5.75 Å². The lowest BCUT2D eigenvalue weighted by molar-refractivity contribution is -0.139. The minimum absolute atomic E-state index is 0.0641. The third-order valence-electron chi connectivity index (χ3n) is 5.10. The van der Waals surface area contributed by atoms with Crippen LogP contribution >= 0.6 is 46.6 Å². The Bertz CT molecular complexity index is 941. The molecule has 0 spiro atoms. The van der Waals surface area contributed by atoms with Gasteiger partial charge in [0.15, 0.2) is 0 Å². The Balaban J connectivity index is 2.18. The molecule has 2 aromatic rings. The Labute approximate surface area is 214 Å². The third kappa shape index (κ3) is 8.36. The Morgan fingerprint density at radius 2 is 1.88 bits per heavy atom. The van der Waals surface area contributed by atoms with Gasteiger partial charge in [0, 0.05) is 39.5 Å². The van der Waals surface area contributed by atoms with Crippen LogP contribution in [-0.2, 0) is 21.9 Å². The monoisotopic (exact) mass is 532 g/mol. The normalized spacial score (nSPS) is 11.8. The van der Waals surface area contributed by atoms with E-state index < -0.39 is 11.9 Å². The second kappa shape index (κ2) is 14.1. The van der Waals surface area contributed by atoms with Crippen molar-refractivity contribution in [3.8, 4) is 0 Å². The van der Waals surface area contributed by atoms with Gasteiger partial charge >= 0.3 is 0 Å². The largest absolute Gasteiger partial charge is 0.354 e. The van der Waals surface area contributed by atoms with Gasteiger partial charge in [-0.2, -0.15) is 0 Å². The lowest BCUT2D eigenvalue weighted by Crippen LogP contribution is -2.49. The van der Waals surface area contributed by atoms with Gasteiger partial charge in [0.1, 0.15) is 11.9 Å². The summed E-state index contributed by atoms with van der Waals surface area (Å²) in [6, 6.07) is 8.90. The highest BCUT2D eigenvalue weighted by Gasteiger charge is 2.29. The molecule has 2 rings (SSSR count). The van der Waals surface area contributed by atoms with Crippen LogP contribution in [0.2, 0.25) is 15.1 Å². The molecule has 0 fully saturated rings. The van der Waals surface area contributed by atoms with Crippen molar-refractivity contribution in [1.82, 2.24) is 10.2 Å². The molecule has 9 heteroatoms. The fourth-order valence-electron chi connectivity index (χ4n) is 3.25. The average molecular weight is 534 g/mol. The van der Waals surface area contributed by atoms with Gasteiger partial charge in [-0.15, -0.1) is 11.8 Å².